The fourth-order valence-corrected chi connectivity index (χ4v) is 9.47. The number of ether oxygens (including phenoxy) is 2. The number of carboxylic acids is 2. The second kappa shape index (κ2) is 14.8. The minimum atomic E-state index is -1.09. The van der Waals surface area contributed by atoms with Crippen LogP contribution in [0.2, 0.25) is 51.4 Å². The van der Waals surface area contributed by atoms with Crippen molar-refractivity contribution in [1.82, 2.24) is 19.6 Å². The summed E-state index contributed by atoms with van der Waals surface area (Å²) < 4.78 is 15.1. The Morgan fingerprint density at radius 1 is 0.700 bits per heavy atom. The molecule has 0 aromatic carbocycles. The fraction of sp³-hybridized carbons (Fsp3) is 0.757. The zero-order valence-corrected chi connectivity index (χ0v) is 33.0. The van der Waals surface area contributed by atoms with E-state index in [1.807, 2.05) is 0 Å². The summed E-state index contributed by atoms with van der Waals surface area (Å²) in [6.45, 7) is 16.2. The Morgan fingerprint density at radius 3 is 1.82 bits per heavy atom. The highest BCUT2D eigenvalue weighted by Gasteiger charge is 2.47. The van der Waals surface area contributed by atoms with Gasteiger partial charge in [0.25, 0.3) is 0 Å². The summed E-state index contributed by atoms with van der Waals surface area (Å²) in [6, 6.07) is 2.24. The first kappa shape index (κ1) is 37.2. The molecule has 4 fully saturated rings. The number of rotatable bonds is 12. The number of hydrogen-bond acceptors (Lipinski definition) is 7. The van der Waals surface area contributed by atoms with Crippen molar-refractivity contribution in [2.24, 2.45) is 29.6 Å². The third kappa shape index (κ3) is 9.43. The van der Waals surface area contributed by atoms with Crippen LogP contribution in [0, 0.1) is 29.6 Å². The lowest BCUT2D eigenvalue weighted by Gasteiger charge is -2.17. The van der Waals surface area contributed by atoms with Gasteiger partial charge in [-0.1, -0.05) is 39.3 Å². The Labute approximate surface area is 298 Å². The zero-order chi connectivity index (χ0) is 36.0. The van der Waals surface area contributed by atoms with E-state index >= 15 is 0 Å². The standard InChI is InChI=1S/2C15H24N2O3Si.C7H10O/c1-21(2,3)5-4-20-9-17-13-8-11-6-10(11)7-12(13)14(16-17)15(18)19;1-21(2,3)7-6-20-9-17-12-5-4-10-8-11(10)13(12)14(16-17)15(18)19;8-7-2-1-5-3-6(5)4-7/h2*10-11H,4-9H2,1-3H3,(H,18,19);5-6H,1-4H2. The fourth-order valence-electron chi connectivity index (χ4n) is 7.96. The van der Waals surface area contributed by atoms with Crippen LogP contribution in [-0.2, 0) is 47.0 Å². The van der Waals surface area contributed by atoms with Crippen molar-refractivity contribution in [3.8, 4) is 0 Å². The highest BCUT2D eigenvalue weighted by atomic mass is 28.3. The van der Waals surface area contributed by atoms with Crippen LogP contribution in [0.3, 0.4) is 0 Å². The summed E-state index contributed by atoms with van der Waals surface area (Å²) in [7, 11) is -2.18. The largest absolute Gasteiger partial charge is 0.476 e. The Morgan fingerprint density at radius 2 is 1.24 bits per heavy atom. The maximum Gasteiger partial charge on any atom is 0.356 e. The highest BCUT2D eigenvalue weighted by molar-refractivity contribution is 6.76. The predicted molar refractivity (Wildman–Crippen MR) is 195 cm³/mol. The van der Waals surface area contributed by atoms with E-state index in [2.05, 4.69) is 49.5 Å². The van der Waals surface area contributed by atoms with Crippen LogP contribution >= 0.6 is 0 Å². The van der Waals surface area contributed by atoms with Crippen molar-refractivity contribution in [3.05, 3.63) is 33.9 Å². The molecule has 0 bridgehead atoms. The van der Waals surface area contributed by atoms with Crippen molar-refractivity contribution >= 4 is 33.9 Å². The third-order valence-electron chi connectivity index (χ3n) is 11.5. The second-order valence-electron chi connectivity index (χ2n) is 18.1. The van der Waals surface area contributed by atoms with Gasteiger partial charge in [-0.15, -0.1) is 0 Å². The summed E-state index contributed by atoms with van der Waals surface area (Å²) in [5.41, 5.74) is 4.64. The Bertz CT molecular complexity index is 1590. The van der Waals surface area contributed by atoms with Gasteiger partial charge in [0.15, 0.2) is 11.4 Å². The monoisotopic (exact) mass is 726 g/mol. The Kier molecular flexibility index (Phi) is 11.0. The number of nitrogens with zero attached hydrogens (tertiary/aromatic N) is 4. The Balaban J connectivity index is 0.000000141. The van der Waals surface area contributed by atoms with Crippen molar-refractivity contribution in [3.63, 3.8) is 0 Å². The molecular formula is C37H58N4O7Si2. The maximum absolute atomic E-state index is 11.4. The van der Waals surface area contributed by atoms with Gasteiger partial charge in [-0.3, -0.25) is 4.79 Å². The molecule has 4 saturated carbocycles. The minimum absolute atomic E-state index is 0.240. The van der Waals surface area contributed by atoms with Gasteiger partial charge < -0.3 is 19.7 Å². The predicted octanol–water partition coefficient (Wildman–Crippen LogP) is 6.95. The first-order valence-electron chi connectivity index (χ1n) is 18.9. The lowest BCUT2D eigenvalue weighted by Crippen LogP contribution is -2.22. The summed E-state index contributed by atoms with van der Waals surface area (Å²) in [6.07, 6.45) is 10.7. The van der Waals surface area contributed by atoms with Crippen LogP contribution in [0.4, 0.5) is 0 Å². The average Bonchev–Trinajstić information content (AvgIpc) is 3.97. The molecule has 50 heavy (non-hydrogen) atoms. The summed E-state index contributed by atoms with van der Waals surface area (Å²) in [4.78, 5) is 33.5. The van der Waals surface area contributed by atoms with Crippen LogP contribution in [0.5, 0.6) is 0 Å². The molecule has 6 atom stereocenters. The van der Waals surface area contributed by atoms with Crippen molar-refractivity contribution in [2.75, 3.05) is 13.2 Å². The molecule has 0 saturated heterocycles. The molecule has 6 unspecified atom stereocenters. The quantitative estimate of drug-likeness (QED) is 0.175. The summed E-state index contributed by atoms with van der Waals surface area (Å²) in [5.74, 6) is 3.06. The van der Waals surface area contributed by atoms with Gasteiger partial charge in [-0.05, 0) is 99.0 Å². The molecule has 11 nitrogen and oxygen atoms in total. The number of carbonyl (C=O) groups excluding carboxylic acids is 1. The van der Waals surface area contributed by atoms with Crippen molar-refractivity contribution in [2.45, 2.75) is 135 Å². The van der Waals surface area contributed by atoms with Gasteiger partial charge >= 0.3 is 11.9 Å². The van der Waals surface area contributed by atoms with Crippen LogP contribution in [0.1, 0.15) is 94.4 Å². The van der Waals surface area contributed by atoms with Gasteiger partial charge in [-0.25, -0.2) is 19.0 Å². The maximum atomic E-state index is 11.4. The number of carboxylic acid groups (broad SMARTS) is 2. The van der Waals surface area contributed by atoms with E-state index in [1.165, 1.54) is 19.3 Å². The molecule has 276 valence electrons. The van der Waals surface area contributed by atoms with Crippen molar-refractivity contribution < 1.29 is 34.1 Å². The number of fused-ring (bicyclic) bond motifs is 6. The zero-order valence-electron chi connectivity index (χ0n) is 31.0. The smallest absolute Gasteiger partial charge is 0.356 e. The summed E-state index contributed by atoms with van der Waals surface area (Å²) >= 11 is 0. The molecule has 13 heteroatoms. The molecule has 2 heterocycles. The number of aromatic carboxylic acids is 2. The van der Waals surface area contributed by atoms with E-state index in [1.54, 1.807) is 9.36 Å². The van der Waals surface area contributed by atoms with Crippen LogP contribution < -0.4 is 0 Å². The molecule has 0 aliphatic heterocycles. The molecule has 0 spiro atoms. The van der Waals surface area contributed by atoms with Crippen LogP contribution in [0.25, 0.3) is 0 Å². The van der Waals surface area contributed by atoms with Gasteiger partial charge in [0.1, 0.15) is 19.2 Å². The molecule has 0 amide bonds. The topological polar surface area (TPSA) is 146 Å². The number of Topliss-reactive ketones (excluding diaryl/α,β-unsaturated/α-hetero) is 1. The Hall–Kier alpha value is -2.62. The first-order chi connectivity index (χ1) is 23.6. The number of ketones is 1. The van der Waals surface area contributed by atoms with E-state index < -0.39 is 28.1 Å². The van der Waals surface area contributed by atoms with Crippen molar-refractivity contribution in [1.29, 1.82) is 0 Å². The van der Waals surface area contributed by atoms with Crippen LogP contribution in [-0.4, -0.2) is 76.9 Å². The molecule has 8 rings (SSSR count). The van der Waals surface area contributed by atoms with Crippen LogP contribution in [0.15, 0.2) is 0 Å². The summed E-state index contributed by atoms with van der Waals surface area (Å²) in [5, 5.41) is 27.3. The number of aromatic nitrogens is 4. The van der Waals surface area contributed by atoms with Gasteiger partial charge in [0.2, 0.25) is 0 Å². The van der Waals surface area contributed by atoms with E-state index in [4.69, 9.17) is 9.47 Å². The van der Waals surface area contributed by atoms with E-state index in [-0.39, 0.29) is 11.4 Å². The van der Waals surface area contributed by atoms with E-state index in [0.717, 1.165) is 111 Å². The minimum Gasteiger partial charge on any atom is -0.476 e. The number of carbonyl (C=O) groups is 3. The molecule has 2 aromatic heterocycles. The van der Waals surface area contributed by atoms with Gasteiger partial charge in [0.05, 0.1) is 0 Å². The van der Waals surface area contributed by atoms with E-state index in [0.29, 0.717) is 37.0 Å². The third-order valence-corrected chi connectivity index (χ3v) is 14.9. The molecule has 0 radical (unpaired) electrons. The molecule has 6 aliphatic carbocycles. The number of hydrogen-bond donors (Lipinski definition) is 2. The first-order valence-corrected chi connectivity index (χ1v) is 26.3. The highest BCUT2D eigenvalue weighted by Crippen LogP contribution is 2.55. The average molecular weight is 727 g/mol. The molecular weight excluding hydrogens is 669 g/mol. The lowest BCUT2D eigenvalue weighted by atomic mass is 9.96. The lowest BCUT2D eigenvalue weighted by molar-refractivity contribution is -0.120. The molecule has 6 aliphatic rings. The normalized spacial score (nSPS) is 26.8. The van der Waals surface area contributed by atoms with Gasteiger partial charge in [-0.2, -0.15) is 10.2 Å². The SMILES string of the molecule is C[Si](C)(C)CCOCn1nc(C(=O)O)c2c1CC1CC1C2.C[Si](C)(C)CCOCn1nc(C(=O)O)c2c1CCC1CC21.O=C1CCC2CC2C1. The van der Waals surface area contributed by atoms with E-state index in [9.17, 15) is 24.6 Å². The molecule has 2 N–H and O–H groups in total. The molecule has 2 aromatic rings. The second-order valence-corrected chi connectivity index (χ2v) is 29.4. The van der Waals surface area contributed by atoms with Gasteiger partial charge in [0, 0.05) is 64.7 Å².